The first kappa shape index (κ1) is 8.79. The largest absolute Gasteiger partial charge is 0.385 e. The second kappa shape index (κ2) is 4.55. The summed E-state index contributed by atoms with van der Waals surface area (Å²) in [6.07, 6.45) is 0.922. The lowest BCUT2D eigenvalue weighted by Crippen LogP contribution is -2.05. The molecule has 0 amide bonds. The van der Waals surface area contributed by atoms with E-state index in [2.05, 4.69) is 20.5 Å². The Balaban J connectivity index is 2.15. The molecule has 0 fully saturated rings. The Kier molecular flexibility index (Phi) is 3.34. The summed E-state index contributed by atoms with van der Waals surface area (Å²) in [4.78, 5) is 3.87. The van der Waals surface area contributed by atoms with Gasteiger partial charge in [-0.3, -0.25) is 0 Å². The summed E-state index contributed by atoms with van der Waals surface area (Å²) in [6, 6.07) is 0. The Morgan fingerprint density at radius 1 is 1.67 bits per heavy atom. The number of nitrogens with two attached hydrogens (primary N) is 1. The molecule has 0 bridgehead atoms. The molecular weight excluding hydrogens is 158 g/mol. The van der Waals surface area contributed by atoms with E-state index in [9.17, 15) is 0 Å². The number of aromatic nitrogens is 3. The molecule has 0 aliphatic rings. The maximum absolute atomic E-state index is 5.32. The molecule has 1 heterocycles. The fourth-order valence-electron chi connectivity index (χ4n) is 0.770. The number of anilines is 2. The first-order valence-corrected chi connectivity index (χ1v) is 3.73. The van der Waals surface area contributed by atoms with Crippen LogP contribution in [0.1, 0.15) is 6.42 Å². The lowest BCUT2D eigenvalue weighted by Gasteiger charge is -1.99. The van der Waals surface area contributed by atoms with E-state index in [1.54, 1.807) is 7.11 Å². The molecule has 68 valence electrons. The van der Waals surface area contributed by atoms with E-state index in [0.29, 0.717) is 11.9 Å². The monoisotopic (exact) mass is 171 g/mol. The van der Waals surface area contributed by atoms with Gasteiger partial charge in [0.2, 0.25) is 11.9 Å². The number of H-pyrrole nitrogens is 1. The highest BCUT2D eigenvalue weighted by molar-refractivity contribution is 5.29. The summed E-state index contributed by atoms with van der Waals surface area (Å²) < 4.78 is 4.87. The Labute approximate surface area is 70.5 Å². The minimum absolute atomic E-state index is 0.323. The van der Waals surface area contributed by atoms with Gasteiger partial charge < -0.3 is 15.8 Å². The number of hydrogen-bond acceptors (Lipinski definition) is 5. The van der Waals surface area contributed by atoms with Crippen LogP contribution in [0.4, 0.5) is 11.9 Å². The van der Waals surface area contributed by atoms with Crippen molar-refractivity contribution >= 4 is 11.9 Å². The highest BCUT2D eigenvalue weighted by atomic mass is 16.5. The van der Waals surface area contributed by atoms with E-state index >= 15 is 0 Å². The van der Waals surface area contributed by atoms with Gasteiger partial charge in [-0.05, 0) is 6.42 Å². The van der Waals surface area contributed by atoms with Gasteiger partial charge in [0.15, 0.2) is 0 Å². The summed E-state index contributed by atoms with van der Waals surface area (Å²) in [5.74, 6) is 0.854. The zero-order chi connectivity index (χ0) is 8.81. The van der Waals surface area contributed by atoms with Crippen molar-refractivity contribution < 1.29 is 4.74 Å². The van der Waals surface area contributed by atoms with Crippen molar-refractivity contribution in [2.45, 2.75) is 6.42 Å². The van der Waals surface area contributed by atoms with Crippen molar-refractivity contribution in [2.75, 3.05) is 31.3 Å². The van der Waals surface area contributed by atoms with Crippen LogP contribution in [-0.2, 0) is 4.74 Å². The molecule has 0 aromatic carbocycles. The Hall–Kier alpha value is -1.30. The predicted molar refractivity (Wildman–Crippen MR) is 45.8 cm³/mol. The van der Waals surface area contributed by atoms with E-state index in [0.717, 1.165) is 19.6 Å². The van der Waals surface area contributed by atoms with Crippen LogP contribution in [-0.4, -0.2) is 35.4 Å². The van der Waals surface area contributed by atoms with Crippen LogP contribution < -0.4 is 11.1 Å². The molecule has 0 spiro atoms. The Bertz CT molecular complexity index is 223. The fourth-order valence-corrected chi connectivity index (χ4v) is 0.770. The molecule has 0 saturated carbocycles. The second-order valence-corrected chi connectivity index (χ2v) is 2.32. The molecule has 1 rings (SSSR count). The third-order valence-corrected chi connectivity index (χ3v) is 1.31. The number of methoxy groups -OCH3 is 1. The smallest absolute Gasteiger partial charge is 0.243 e. The summed E-state index contributed by atoms with van der Waals surface area (Å²) in [7, 11) is 1.67. The van der Waals surface area contributed by atoms with Crippen LogP contribution in [0, 0.1) is 0 Å². The minimum Gasteiger partial charge on any atom is -0.385 e. The number of nitrogens with zero attached hydrogens (tertiary/aromatic N) is 2. The number of nitrogens with one attached hydrogen (secondary N) is 2. The summed E-state index contributed by atoms with van der Waals surface area (Å²) in [5, 5.41) is 9.32. The van der Waals surface area contributed by atoms with Crippen molar-refractivity contribution in [3.63, 3.8) is 0 Å². The lowest BCUT2D eigenvalue weighted by molar-refractivity contribution is 0.197. The molecule has 12 heavy (non-hydrogen) atoms. The first-order valence-electron chi connectivity index (χ1n) is 3.73. The lowest BCUT2D eigenvalue weighted by atomic mass is 10.4. The number of ether oxygens (including phenoxy) is 1. The van der Waals surface area contributed by atoms with Gasteiger partial charge in [0, 0.05) is 20.3 Å². The Morgan fingerprint density at radius 2 is 2.50 bits per heavy atom. The maximum Gasteiger partial charge on any atom is 0.243 e. The number of aromatic amines is 1. The molecule has 0 unspecified atom stereocenters. The summed E-state index contributed by atoms with van der Waals surface area (Å²) >= 11 is 0. The molecular formula is C6H13N5O. The third kappa shape index (κ3) is 2.75. The van der Waals surface area contributed by atoms with Gasteiger partial charge >= 0.3 is 0 Å². The third-order valence-electron chi connectivity index (χ3n) is 1.31. The SMILES string of the molecule is COCCCNc1n[nH]c(N)n1. The first-order chi connectivity index (χ1) is 5.83. The zero-order valence-electron chi connectivity index (χ0n) is 7.00. The van der Waals surface area contributed by atoms with Crippen LogP contribution in [0.2, 0.25) is 0 Å². The highest BCUT2D eigenvalue weighted by Gasteiger charge is 1.96. The molecule has 0 radical (unpaired) electrons. The molecule has 4 N–H and O–H groups in total. The van der Waals surface area contributed by atoms with Gasteiger partial charge in [0.25, 0.3) is 0 Å². The van der Waals surface area contributed by atoms with Crippen molar-refractivity contribution in [1.29, 1.82) is 0 Å². The minimum atomic E-state index is 0.323. The molecule has 0 aliphatic carbocycles. The van der Waals surface area contributed by atoms with E-state index in [1.807, 2.05) is 0 Å². The molecule has 1 aromatic heterocycles. The van der Waals surface area contributed by atoms with E-state index in [4.69, 9.17) is 10.5 Å². The standard InChI is InChI=1S/C6H13N5O/c1-12-4-2-3-8-6-9-5(7)10-11-6/h2-4H2,1H3,(H4,7,8,9,10,11). The number of hydrogen-bond donors (Lipinski definition) is 3. The number of nitrogen functional groups attached to an aromatic ring is 1. The van der Waals surface area contributed by atoms with E-state index in [-0.39, 0.29) is 0 Å². The normalized spacial score (nSPS) is 10.1. The van der Waals surface area contributed by atoms with Crippen LogP contribution >= 0.6 is 0 Å². The van der Waals surface area contributed by atoms with E-state index < -0.39 is 0 Å². The second-order valence-electron chi connectivity index (χ2n) is 2.32. The van der Waals surface area contributed by atoms with E-state index in [1.165, 1.54) is 0 Å². The summed E-state index contributed by atoms with van der Waals surface area (Å²) in [5.41, 5.74) is 5.32. The van der Waals surface area contributed by atoms with Crippen molar-refractivity contribution in [1.82, 2.24) is 15.2 Å². The quantitative estimate of drug-likeness (QED) is 0.535. The molecule has 0 atom stereocenters. The highest BCUT2D eigenvalue weighted by Crippen LogP contribution is 1.97. The van der Waals surface area contributed by atoms with Gasteiger partial charge in [0.05, 0.1) is 0 Å². The predicted octanol–water partition coefficient (Wildman–Crippen LogP) is -0.165. The fraction of sp³-hybridized carbons (Fsp3) is 0.667. The van der Waals surface area contributed by atoms with Gasteiger partial charge in [0.1, 0.15) is 0 Å². The average molecular weight is 171 g/mol. The molecule has 1 aromatic rings. The molecule has 0 saturated heterocycles. The molecule has 6 heteroatoms. The van der Waals surface area contributed by atoms with Gasteiger partial charge in [-0.25, -0.2) is 5.10 Å². The molecule has 6 nitrogen and oxygen atoms in total. The molecule has 0 aliphatic heterocycles. The van der Waals surface area contributed by atoms with Crippen LogP contribution in [0.25, 0.3) is 0 Å². The van der Waals surface area contributed by atoms with Crippen molar-refractivity contribution in [3.8, 4) is 0 Å². The van der Waals surface area contributed by atoms with Gasteiger partial charge in [-0.1, -0.05) is 0 Å². The zero-order valence-corrected chi connectivity index (χ0v) is 7.00. The van der Waals surface area contributed by atoms with Crippen LogP contribution in [0.15, 0.2) is 0 Å². The maximum atomic E-state index is 5.32. The van der Waals surface area contributed by atoms with Gasteiger partial charge in [-0.15, -0.1) is 5.10 Å². The Morgan fingerprint density at radius 3 is 3.08 bits per heavy atom. The van der Waals surface area contributed by atoms with Crippen molar-refractivity contribution in [2.24, 2.45) is 0 Å². The van der Waals surface area contributed by atoms with Gasteiger partial charge in [-0.2, -0.15) is 4.98 Å². The van der Waals surface area contributed by atoms with Crippen LogP contribution in [0.5, 0.6) is 0 Å². The summed E-state index contributed by atoms with van der Waals surface area (Å²) in [6.45, 7) is 1.51. The van der Waals surface area contributed by atoms with Crippen LogP contribution in [0.3, 0.4) is 0 Å². The number of rotatable bonds is 5. The topological polar surface area (TPSA) is 88.8 Å². The average Bonchev–Trinajstić information content (AvgIpc) is 2.45. The van der Waals surface area contributed by atoms with Crippen molar-refractivity contribution in [3.05, 3.63) is 0 Å².